The maximum absolute atomic E-state index is 6.78. The first-order chi connectivity index (χ1) is 21.2. The van der Waals surface area contributed by atoms with Gasteiger partial charge in [-0.2, -0.15) is 8.97 Å². The first kappa shape index (κ1) is 22.2. The summed E-state index contributed by atoms with van der Waals surface area (Å²) < 4.78 is 14.4. The van der Waals surface area contributed by atoms with Crippen LogP contribution in [0.25, 0.3) is 60.6 Å². The lowest BCUT2D eigenvalue weighted by Gasteiger charge is -2.27. The van der Waals surface area contributed by atoms with Crippen LogP contribution >= 0.6 is 0 Å². The number of benzene rings is 5. The molecule has 6 heterocycles. The van der Waals surface area contributed by atoms with E-state index in [1.165, 1.54) is 82.9 Å². The maximum Gasteiger partial charge on any atom is 0.371 e. The Balaban J connectivity index is 1.46. The summed E-state index contributed by atoms with van der Waals surface area (Å²) in [6.45, 7) is 4.47. The Morgan fingerprint density at radius 2 is 1.44 bits per heavy atom. The lowest BCUT2D eigenvalue weighted by atomic mass is 9.85. The van der Waals surface area contributed by atoms with Gasteiger partial charge in [-0.1, -0.05) is 48.5 Å². The van der Waals surface area contributed by atoms with Gasteiger partial charge in [0.25, 0.3) is 0 Å². The van der Waals surface area contributed by atoms with Gasteiger partial charge in [-0.25, -0.2) is 0 Å². The van der Waals surface area contributed by atoms with Crippen LogP contribution in [0.4, 0.5) is 0 Å². The van der Waals surface area contributed by atoms with E-state index in [0.29, 0.717) is 0 Å². The van der Waals surface area contributed by atoms with Gasteiger partial charge in [-0.3, -0.25) is 0 Å². The van der Waals surface area contributed by atoms with Gasteiger partial charge in [0, 0.05) is 28.5 Å². The highest BCUT2D eigenvalue weighted by Crippen LogP contribution is 2.57. The number of aromatic nitrogens is 3. The van der Waals surface area contributed by atoms with E-state index in [-0.39, 0.29) is 0 Å². The van der Waals surface area contributed by atoms with Crippen molar-refractivity contribution in [3.8, 4) is 34.0 Å². The topological polar surface area (TPSA) is 21.4 Å². The van der Waals surface area contributed by atoms with Crippen molar-refractivity contribution in [3.05, 3.63) is 138 Å². The van der Waals surface area contributed by atoms with E-state index >= 15 is 0 Å². The Morgan fingerprint density at radius 1 is 0.674 bits per heavy atom. The molecule has 4 nitrogen and oxygen atoms in total. The Labute approximate surface area is 247 Å². The minimum atomic E-state index is -0.588. The molecular formula is C39H25N3O+2. The highest BCUT2D eigenvalue weighted by atomic mass is 16.5. The molecule has 43 heavy (non-hydrogen) atoms. The lowest BCUT2D eigenvalue weighted by Crippen LogP contribution is -2.71. The van der Waals surface area contributed by atoms with E-state index in [1.807, 2.05) is 0 Å². The van der Waals surface area contributed by atoms with Crippen LogP contribution in [0.2, 0.25) is 0 Å². The molecule has 8 aromatic rings. The van der Waals surface area contributed by atoms with Crippen LogP contribution in [0.5, 0.6) is 11.5 Å². The summed E-state index contributed by atoms with van der Waals surface area (Å²) in [5, 5.41) is 6.28. The number of aryl methyl sites for hydroxylation is 2. The van der Waals surface area contributed by atoms with Crippen molar-refractivity contribution in [1.82, 2.24) is 4.40 Å². The van der Waals surface area contributed by atoms with Crippen LogP contribution in [-0.4, -0.2) is 4.40 Å². The molecule has 0 bridgehead atoms. The molecule has 0 N–H and O–H groups in total. The van der Waals surface area contributed by atoms with Crippen molar-refractivity contribution in [1.29, 1.82) is 0 Å². The quantitative estimate of drug-likeness (QED) is 0.115. The average Bonchev–Trinajstić information content (AvgIpc) is 3.66. The van der Waals surface area contributed by atoms with Crippen LogP contribution in [0.3, 0.4) is 0 Å². The van der Waals surface area contributed by atoms with Gasteiger partial charge in [-0.05, 0) is 78.2 Å². The summed E-state index contributed by atoms with van der Waals surface area (Å²) in [6.07, 6.45) is 4.67. The number of ether oxygens (including phenoxy) is 1. The molecule has 3 aromatic heterocycles. The molecule has 0 saturated heterocycles. The van der Waals surface area contributed by atoms with Crippen LogP contribution in [0.15, 0.2) is 116 Å². The van der Waals surface area contributed by atoms with E-state index in [2.05, 4.69) is 143 Å². The third-order valence-electron chi connectivity index (χ3n) is 10.2. The predicted molar refractivity (Wildman–Crippen MR) is 169 cm³/mol. The van der Waals surface area contributed by atoms with Crippen molar-refractivity contribution in [3.63, 3.8) is 0 Å². The Morgan fingerprint density at radius 3 is 2.30 bits per heavy atom. The third kappa shape index (κ3) is 2.30. The summed E-state index contributed by atoms with van der Waals surface area (Å²) in [5.74, 6) is 1.86. The minimum absolute atomic E-state index is 0.588. The van der Waals surface area contributed by atoms with Gasteiger partial charge in [-0.15, -0.1) is 4.57 Å². The summed E-state index contributed by atoms with van der Waals surface area (Å²) in [7, 11) is 0. The zero-order valence-electron chi connectivity index (χ0n) is 23.7. The average molecular weight is 552 g/mol. The molecule has 0 aliphatic carbocycles. The van der Waals surface area contributed by atoms with Gasteiger partial charge in [0.1, 0.15) is 34.3 Å². The van der Waals surface area contributed by atoms with Gasteiger partial charge >= 0.3 is 11.3 Å². The standard InChI is InChI=1S/C39H25N3O/c1-22-9-7-10-23(2)34(22)31-21-41-38-35-26(28-19-24-11-3-4-12-25(24)20-30(28)42(31)38)16-17-33-37(35)39(41)36-27(13-8-15-32(36)43-33)29-14-5-6-18-40(29)39/h3-21H,1-2H3/q+2. The van der Waals surface area contributed by atoms with Crippen LogP contribution in [0, 0.1) is 13.8 Å². The number of hydrogen-bond donors (Lipinski definition) is 0. The summed E-state index contributed by atoms with van der Waals surface area (Å²) in [6, 6.07) is 37.6. The molecule has 200 valence electrons. The number of fused-ring (bicyclic) bond motifs is 6. The van der Waals surface area contributed by atoms with Crippen LogP contribution in [0.1, 0.15) is 22.3 Å². The molecule has 4 heteroatoms. The largest absolute Gasteiger partial charge is 0.456 e. The fourth-order valence-corrected chi connectivity index (χ4v) is 8.66. The number of hydrogen-bond acceptors (Lipinski definition) is 1. The smallest absolute Gasteiger partial charge is 0.371 e. The molecule has 0 amide bonds. The molecule has 1 unspecified atom stereocenters. The van der Waals surface area contributed by atoms with E-state index in [4.69, 9.17) is 4.74 Å². The van der Waals surface area contributed by atoms with Crippen molar-refractivity contribution in [2.24, 2.45) is 0 Å². The highest BCUT2D eigenvalue weighted by Gasteiger charge is 2.68. The lowest BCUT2D eigenvalue weighted by molar-refractivity contribution is -0.950. The summed E-state index contributed by atoms with van der Waals surface area (Å²) in [4.78, 5) is 0. The molecule has 1 atom stereocenters. The number of imidazole rings is 1. The second kappa shape index (κ2) is 7.11. The maximum atomic E-state index is 6.78. The first-order valence-corrected chi connectivity index (χ1v) is 14.9. The summed E-state index contributed by atoms with van der Waals surface area (Å²) in [5.41, 5.74) is 11.8. The Bertz CT molecular complexity index is 2610. The molecule has 3 aliphatic rings. The summed E-state index contributed by atoms with van der Waals surface area (Å²) >= 11 is 0. The number of nitrogens with zero attached hydrogens (tertiary/aromatic N) is 3. The van der Waals surface area contributed by atoms with E-state index < -0.39 is 5.66 Å². The fourth-order valence-electron chi connectivity index (χ4n) is 8.66. The fraction of sp³-hybridized carbons (Fsp3) is 0.0769. The van der Waals surface area contributed by atoms with E-state index in [1.54, 1.807) is 0 Å². The van der Waals surface area contributed by atoms with Gasteiger partial charge in [0.15, 0.2) is 11.9 Å². The first-order valence-electron chi connectivity index (χ1n) is 14.9. The van der Waals surface area contributed by atoms with E-state index in [9.17, 15) is 0 Å². The molecule has 11 rings (SSSR count). The van der Waals surface area contributed by atoms with Crippen molar-refractivity contribution < 1.29 is 13.9 Å². The monoisotopic (exact) mass is 551 g/mol. The zero-order valence-corrected chi connectivity index (χ0v) is 23.7. The zero-order chi connectivity index (χ0) is 28.2. The minimum Gasteiger partial charge on any atom is -0.456 e. The van der Waals surface area contributed by atoms with Crippen molar-refractivity contribution in [2.45, 2.75) is 19.5 Å². The van der Waals surface area contributed by atoms with Gasteiger partial charge in [0.05, 0.1) is 10.9 Å². The normalized spacial score (nSPS) is 16.9. The van der Waals surface area contributed by atoms with Crippen LogP contribution < -0.4 is 13.9 Å². The van der Waals surface area contributed by atoms with E-state index in [0.717, 1.165) is 11.5 Å². The van der Waals surface area contributed by atoms with Crippen molar-refractivity contribution >= 4 is 38.1 Å². The molecule has 0 radical (unpaired) electrons. The van der Waals surface area contributed by atoms with Crippen molar-refractivity contribution in [2.75, 3.05) is 0 Å². The van der Waals surface area contributed by atoms with Gasteiger partial charge < -0.3 is 4.74 Å². The molecular weight excluding hydrogens is 526 g/mol. The molecule has 1 spiro atoms. The third-order valence-corrected chi connectivity index (χ3v) is 10.2. The molecule has 3 aliphatic heterocycles. The Kier molecular flexibility index (Phi) is 3.66. The number of pyridine rings is 2. The highest BCUT2D eigenvalue weighted by molar-refractivity contribution is 6.17. The number of rotatable bonds is 1. The SMILES string of the molecule is Cc1cccc(C)c1-c1c[n+]2c3c4c5c(ccc4c4cc6ccccc6cc4n13)Oc1cccc3c1C52[n+]1ccccc1-3. The second-order valence-corrected chi connectivity index (χ2v) is 12.3. The predicted octanol–water partition coefficient (Wildman–Crippen LogP) is 7.95. The Hall–Kier alpha value is -5.48. The van der Waals surface area contributed by atoms with Crippen LogP contribution in [-0.2, 0) is 5.66 Å². The second-order valence-electron chi connectivity index (χ2n) is 12.3. The van der Waals surface area contributed by atoms with Gasteiger partial charge in [0.2, 0.25) is 5.69 Å². The molecule has 5 aromatic carbocycles. The molecule has 0 fully saturated rings. The molecule has 0 saturated carbocycles.